The molecular formula is C16H16N4O2S. The molecule has 1 atom stereocenters. The maximum absolute atomic E-state index is 12.2. The summed E-state index contributed by atoms with van der Waals surface area (Å²) in [6.07, 6.45) is 3.50. The molecule has 7 heteroatoms. The summed E-state index contributed by atoms with van der Waals surface area (Å²) in [5.74, 6) is 0.602. The minimum absolute atomic E-state index is 0.0238. The second-order valence-corrected chi connectivity index (χ2v) is 6.34. The molecule has 2 aromatic rings. The van der Waals surface area contributed by atoms with Crippen molar-refractivity contribution in [2.75, 3.05) is 18.9 Å². The maximum atomic E-state index is 12.2. The first kappa shape index (κ1) is 15.5. The van der Waals surface area contributed by atoms with Crippen LogP contribution in [0.1, 0.15) is 18.4 Å². The van der Waals surface area contributed by atoms with Crippen LogP contribution >= 0.6 is 11.3 Å². The van der Waals surface area contributed by atoms with E-state index in [9.17, 15) is 4.79 Å². The molecule has 0 radical (unpaired) electrons. The molecule has 0 saturated carbocycles. The Morgan fingerprint density at radius 1 is 1.48 bits per heavy atom. The van der Waals surface area contributed by atoms with E-state index in [1.807, 2.05) is 7.05 Å². The number of nitrogens with one attached hydrogen (secondary N) is 1. The van der Waals surface area contributed by atoms with E-state index in [1.165, 1.54) is 11.3 Å². The number of likely N-dealkylation sites (tertiary alicyclic amines) is 1. The number of benzene rings is 1. The van der Waals surface area contributed by atoms with Gasteiger partial charge in [0.05, 0.1) is 23.9 Å². The lowest BCUT2D eigenvalue weighted by molar-refractivity contribution is -0.119. The van der Waals surface area contributed by atoms with Crippen LogP contribution in [-0.4, -0.2) is 35.4 Å². The summed E-state index contributed by atoms with van der Waals surface area (Å²) in [4.78, 5) is 18.4. The molecule has 3 rings (SSSR count). The highest BCUT2D eigenvalue weighted by Crippen LogP contribution is 2.30. The van der Waals surface area contributed by atoms with Gasteiger partial charge in [0.15, 0.2) is 5.13 Å². The summed E-state index contributed by atoms with van der Waals surface area (Å²) in [5, 5.41) is 12.7. The molecular weight excluding hydrogens is 312 g/mol. The van der Waals surface area contributed by atoms with Gasteiger partial charge >= 0.3 is 0 Å². The van der Waals surface area contributed by atoms with Gasteiger partial charge in [-0.05, 0) is 50.7 Å². The van der Waals surface area contributed by atoms with Crippen molar-refractivity contribution < 1.29 is 9.53 Å². The number of anilines is 1. The third-order valence-electron chi connectivity index (χ3n) is 3.74. The standard InChI is InChI=1S/C16H16N4O2S/c1-20-8-2-3-13(20)15(21)19-16-18-10-14(23-16)22-12-6-4-11(9-17)5-7-12/h4-7,10,13H,2-3,8H2,1H3,(H,18,19,21). The van der Waals surface area contributed by atoms with E-state index in [0.29, 0.717) is 21.5 Å². The van der Waals surface area contributed by atoms with Crippen LogP contribution in [-0.2, 0) is 4.79 Å². The highest BCUT2D eigenvalue weighted by atomic mass is 32.1. The van der Waals surface area contributed by atoms with Gasteiger partial charge in [-0.2, -0.15) is 5.26 Å². The number of nitriles is 1. The number of hydrogen-bond acceptors (Lipinski definition) is 6. The average Bonchev–Trinajstić information content (AvgIpc) is 3.17. The van der Waals surface area contributed by atoms with E-state index < -0.39 is 0 Å². The number of thiazole rings is 1. The molecule has 1 fully saturated rings. The fourth-order valence-corrected chi connectivity index (χ4v) is 3.20. The molecule has 0 spiro atoms. The molecule has 118 valence electrons. The fraction of sp³-hybridized carbons (Fsp3) is 0.312. The van der Waals surface area contributed by atoms with Gasteiger partial charge in [0.2, 0.25) is 11.0 Å². The summed E-state index contributed by atoms with van der Waals surface area (Å²) in [6, 6.07) is 8.81. The van der Waals surface area contributed by atoms with Crippen LogP contribution in [0.2, 0.25) is 0 Å². The first-order valence-electron chi connectivity index (χ1n) is 7.30. The van der Waals surface area contributed by atoms with E-state index in [1.54, 1.807) is 30.5 Å². The van der Waals surface area contributed by atoms with E-state index >= 15 is 0 Å². The number of carbonyl (C=O) groups is 1. The van der Waals surface area contributed by atoms with Crippen LogP contribution in [0.3, 0.4) is 0 Å². The minimum atomic E-state index is -0.0817. The van der Waals surface area contributed by atoms with Crippen molar-refractivity contribution in [1.82, 2.24) is 9.88 Å². The van der Waals surface area contributed by atoms with Gasteiger partial charge in [-0.25, -0.2) is 4.98 Å². The lowest BCUT2D eigenvalue weighted by Gasteiger charge is -2.17. The zero-order chi connectivity index (χ0) is 16.2. The summed E-state index contributed by atoms with van der Waals surface area (Å²) in [5.41, 5.74) is 0.579. The Balaban J connectivity index is 1.61. The zero-order valence-corrected chi connectivity index (χ0v) is 13.5. The Labute approximate surface area is 138 Å². The normalized spacial score (nSPS) is 17.7. The van der Waals surface area contributed by atoms with E-state index in [4.69, 9.17) is 10.00 Å². The van der Waals surface area contributed by atoms with Crippen molar-refractivity contribution in [1.29, 1.82) is 5.26 Å². The Bertz CT molecular complexity index is 735. The molecule has 1 aromatic heterocycles. The second kappa shape index (κ2) is 6.77. The van der Waals surface area contributed by atoms with Crippen LogP contribution < -0.4 is 10.1 Å². The lowest BCUT2D eigenvalue weighted by Crippen LogP contribution is -2.37. The third kappa shape index (κ3) is 3.67. The van der Waals surface area contributed by atoms with Crippen LogP contribution in [0, 0.1) is 11.3 Å². The highest BCUT2D eigenvalue weighted by Gasteiger charge is 2.28. The highest BCUT2D eigenvalue weighted by molar-refractivity contribution is 7.17. The van der Waals surface area contributed by atoms with Crippen molar-refractivity contribution in [3.8, 4) is 16.9 Å². The number of aromatic nitrogens is 1. The number of likely N-dealkylation sites (N-methyl/N-ethyl adjacent to an activating group) is 1. The summed E-state index contributed by atoms with van der Waals surface area (Å²) in [6.45, 7) is 0.947. The van der Waals surface area contributed by atoms with E-state index in [2.05, 4.69) is 21.3 Å². The smallest absolute Gasteiger partial charge is 0.243 e. The van der Waals surface area contributed by atoms with Gasteiger partial charge < -0.3 is 10.1 Å². The van der Waals surface area contributed by atoms with E-state index in [-0.39, 0.29) is 11.9 Å². The maximum Gasteiger partial charge on any atom is 0.243 e. The first-order valence-corrected chi connectivity index (χ1v) is 8.12. The predicted molar refractivity (Wildman–Crippen MR) is 87.6 cm³/mol. The minimum Gasteiger partial charge on any atom is -0.445 e. The SMILES string of the molecule is CN1CCCC1C(=O)Nc1ncc(Oc2ccc(C#N)cc2)s1. The molecule has 1 unspecified atom stereocenters. The van der Waals surface area contributed by atoms with Crippen molar-refractivity contribution in [2.24, 2.45) is 0 Å². The molecule has 1 aromatic carbocycles. The Morgan fingerprint density at radius 3 is 2.91 bits per heavy atom. The fourth-order valence-electron chi connectivity index (χ4n) is 2.51. The van der Waals surface area contributed by atoms with Gasteiger partial charge in [0.1, 0.15) is 5.75 Å². The van der Waals surface area contributed by atoms with Crippen molar-refractivity contribution in [3.63, 3.8) is 0 Å². The molecule has 1 aliphatic rings. The third-order valence-corrected chi connectivity index (χ3v) is 4.53. The van der Waals surface area contributed by atoms with Crippen molar-refractivity contribution in [2.45, 2.75) is 18.9 Å². The first-order chi connectivity index (χ1) is 11.2. The molecule has 1 N–H and O–H groups in total. The van der Waals surface area contributed by atoms with Crippen molar-refractivity contribution in [3.05, 3.63) is 36.0 Å². The molecule has 2 heterocycles. The molecule has 1 aliphatic heterocycles. The largest absolute Gasteiger partial charge is 0.445 e. The monoisotopic (exact) mass is 328 g/mol. The van der Waals surface area contributed by atoms with Gasteiger partial charge in [0.25, 0.3) is 0 Å². The van der Waals surface area contributed by atoms with Gasteiger partial charge in [-0.15, -0.1) is 0 Å². The number of carbonyl (C=O) groups excluding carboxylic acids is 1. The molecule has 6 nitrogen and oxygen atoms in total. The predicted octanol–water partition coefficient (Wildman–Crippen LogP) is 2.84. The van der Waals surface area contributed by atoms with Gasteiger partial charge in [-0.1, -0.05) is 11.3 Å². The topological polar surface area (TPSA) is 78.2 Å². The molecule has 1 saturated heterocycles. The number of amides is 1. The Kier molecular flexibility index (Phi) is 4.55. The van der Waals surface area contributed by atoms with Crippen LogP contribution in [0.5, 0.6) is 10.8 Å². The lowest BCUT2D eigenvalue weighted by atomic mass is 10.2. The summed E-state index contributed by atoms with van der Waals surface area (Å²) < 4.78 is 5.67. The van der Waals surface area contributed by atoms with Crippen LogP contribution in [0.4, 0.5) is 5.13 Å². The zero-order valence-electron chi connectivity index (χ0n) is 12.7. The second-order valence-electron chi connectivity index (χ2n) is 5.35. The Hall–Kier alpha value is -2.43. The van der Waals surface area contributed by atoms with Crippen LogP contribution in [0.25, 0.3) is 0 Å². The quantitative estimate of drug-likeness (QED) is 0.933. The number of hydrogen-bond donors (Lipinski definition) is 1. The average molecular weight is 328 g/mol. The van der Waals surface area contributed by atoms with Crippen molar-refractivity contribution >= 4 is 22.4 Å². The summed E-state index contributed by atoms with van der Waals surface area (Å²) in [7, 11) is 1.96. The molecule has 23 heavy (non-hydrogen) atoms. The number of rotatable bonds is 4. The van der Waals surface area contributed by atoms with Gasteiger partial charge in [-0.3, -0.25) is 9.69 Å². The number of ether oxygens (including phenoxy) is 1. The van der Waals surface area contributed by atoms with Crippen LogP contribution in [0.15, 0.2) is 30.5 Å². The van der Waals surface area contributed by atoms with Gasteiger partial charge in [0, 0.05) is 0 Å². The Morgan fingerprint density at radius 2 is 2.26 bits per heavy atom. The number of nitrogens with zero attached hydrogens (tertiary/aromatic N) is 3. The molecule has 0 aliphatic carbocycles. The molecule has 0 bridgehead atoms. The van der Waals surface area contributed by atoms with E-state index in [0.717, 1.165) is 19.4 Å². The molecule has 1 amide bonds. The summed E-state index contributed by atoms with van der Waals surface area (Å²) >= 11 is 1.28.